The molecule has 14 heteroatoms. The van der Waals surface area contributed by atoms with Crippen LogP contribution in [0.5, 0.6) is 5.88 Å². The Morgan fingerprint density at radius 1 is 1.48 bits per heavy atom. The van der Waals surface area contributed by atoms with Crippen molar-refractivity contribution in [2.24, 2.45) is 11.0 Å². The van der Waals surface area contributed by atoms with Crippen LogP contribution in [0.2, 0.25) is 0 Å². The third-order valence-corrected chi connectivity index (χ3v) is 8.30. The summed E-state index contributed by atoms with van der Waals surface area (Å²) in [7, 11) is -1.88. The van der Waals surface area contributed by atoms with E-state index in [-0.39, 0.29) is 18.4 Å². The van der Waals surface area contributed by atoms with Crippen LogP contribution in [0.4, 0.5) is 5.95 Å². The summed E-state index contributed by atoms with van der Waals surface area (Å²) in [5, 5.41) is 4.03. The fraction of sp³-hybridized carbons (Fsp3) is 0.706. The zero-order valence-corrected chi connectivity index (χ0v) is 18.0. The van der Waals surface area contributed by atoms with E-state index in [2.05, 4.69) is 25.0 Å². The maximum Gasteiger partial charge on any atom is 0.331 e. The summed E-state index contributed by atoms with van der Waals surface area (Å²) in [6.07, 6.45) is 2.82. The van der Waals surface area contributed by atoms with Gasteiger partial charge in [-0.1, -0.05) is 11.5 Å². The second kappa shape index (κ2) is 7.32. The molecule has 0 aromatic carbocycles. The third-order valence-electron chi connectivity index (χ3n) is 6.25. The Hall–Kier alpha value is -2.43. The lowest BCUT2D eigenvalue weighted by molar-refractivity contribution is -0.0577. The Morgan fingerprint density at radius 2 is 2.29 bits per heavy atom. The second-order valence-electron chi connectivity index (χ2n) is 8.27. The second-order valence-corrected chi connectivity index (χ2v) is 10.3. The summed E-state index contributed by atoms with van der Waals surface area (Å²) in [4.78, 5) is 15.6. The summed E-state index contributed by atoms with van der Waals surface area (Å²) in [5.41, 5.74) is 14.6. The molecule has 2 aliphatic heterocycles. The SMILES string of the molecule is COc1nc(N)nc2c1ncn2[C@@H]1O[C@@H]2COP(=O)(CC3CCC3)O[C@H]2[C@@]1(C)N=[N+]=[N-]. The number of aromatic nitrogens is 4. The molecule has 0 amide bonds. The van der Waals surface area contributed by atoms with E-state index in [1.165, 1.54) is 13.4 Å². The molecule has 0 radical (unpaired) electrons. The van der Waals surface area contributed by atoms with E-state index in [1.54, 1.807) is 11.5 Å². The van der Waals surface area contributed by atoms with Crippen molar-refractivity contribution in [1.29, 1.82) is 0 Å². The zero-order valence-electron chi connectivity index (χ0n) is 17.1. The van der Waals surface area contributed by atoms with E-state index < -0.39 is 31.6 Å². The first kappa shape index (κ1) is 20.5. The van der Waals surface area contributed by atoms with Crippen molar-refractivity contribution >= 4 is 24.7 Å². The van der Waals surface area contributed by atoms with Gasteiger partial charge in [-0.05, 0) is 31.2 Å². The molecule has 166 valence electrons. The van der Waals surface area contributed by atoms with E-state index in [9.17, 15) is 10.1 Å². The number of fused-ring (bicyclic) bond motifs is 2. The summed E-state index contributed by atoms with van der Waals surface area (Å²) >= 11 is 0. The highest BCUT2D eigenvalue weighted by atomic mass is 31.2. The van der Waals surface area contributed by atoms with Crippen molar-refractivity contribution in [3.63, 3.8) is 0 Å². The van der Waals surface area contributed by atoms with Gasteiger partial charge >= 0.3 is 7.60 Å². The van der Waals surface area contributed by atoms with E-state index in [1.807, 2.05) is 0 Å². The van der Waals surface area contributed by atoms with Gasteiger partial charge in [-0.25, -0.2) is 4.98 Å². The topological polar surface area (TPSA) is 172 Å². The minimum Gasteiger partial charge on any atom is -0.479 e. The summed E-state index contributed by atoms with van der Waals surface area (Å²) in [6.45, 7) is 1.78. The average molecular weight is 450 g/mol. The molecule has 0 spiro atoms. The lowest BCUT2D eigenvalue weighted by Gasteiger charge is -2.38. The van der Waals surface area contributed by atoms with Crippen molar-refractivity contribution < 1.29 is 23.1 Å². The van der Waals surface area contributed by atoms with Crippen molar-refractivity contribution in [1.82, 2.24) is 19.5 Å². The number of anilines is 1. The number of rotatable bonds is 5. The number of nitrogen functional groups attached to an aromatic ring is 1. The van der Waals surface area contributed by atoms with Crippen LogP contribution in [-0.2, 0) is 18.3 Å². The van der Waals surface area contributed by atoms with Crippen molar-refractivity contribution in [2.45, 2.75) is 50.2 Å². The van der Waals surface area contributed by atoms with E-state index >= 15 is 0 Å². The van der Waals surface area contributed by atoms with E-state index in [0.717, 1.165) is 19.3 Å². The Kier molecular flexibility index (Phi) is 4.83. The van der Waals surface area contributed by atoms with Crippen LogP contribution in [0.3, 0.4) is 0 Å². The molecule has 2 saturated heterocycles. The van der Waals surface area contributed by atoms with Gasteiger partial charge in [0.05, 0.1) is 26.2 Å². The van der Waals surface area contributed by atoms with Gasteiger partial charge in [0, 0.05) is 4.91 Å². The van der Waals surface area contributed by atoms with Crippen LogP contribution < -0.4 is 10.5 Å². The summed E-state index contributed by atoms with van der Waals surface area (Å²) in [6, 6.07) is 0. The lowest BCUT2D eigenvalue weighted by atomic mass is 9.87. The van der Waals surface area contributed by atoms with Crippen LogP contribution >= 0.6 is 7.60 Å². The molecular weight excluding hydrogens is 427 g/mol. The summed E-state index contributed by atoms with van der Waals surface area (Å²) in [5.74, 6) is 0.541. The van der Waals surface area contributed by atoms with Gasteiger partial charge in [0.1, 0.15) is 17.7 Å². The van der Waals surface area contributed by atoms with Gasteiger partial charge in [0.15, 0.2) is 17.4 Å². The first-order chi connectivity index (χ1) is 14.9. The largest absolute Gasteiger partial charge is 0.479 e. The van der Waals surface area contributed by atoms with Gasteiger partial charge in [-0.2, -0.15) is 9.97 Å². The quantitative estimate of drug-likeness (QED) is 0.311. The Bertz CT molecular complexity index is 1120. The molecule has 13 nitrogen and oxygen atoms in total. The molecule has 5 rings (SSSR count). The molecule has 3 aliphatic rings. The van der Waals surface area contributed by atoms with Gasteiger partial charge < -0.3 is 24.3 Å². The molecule has 31 heavy (non-hydrogen) atoms. The summed E-state index contributed by atoms with van der Waals surface area (Å²) < 4.78 is 38.0. The predicted octanol–water partition coefficient (Wildman–Crippen LogP) is 2.79. The molecule has 1 unspecified atom stereocenters. The van der Waals surface area contributed by atoms with Crippen LogP contribution in [0.25, 0.3) is 21.6 Å². The first-order valence-electron chi connectivity index (χ1n) is 10.0. The zero-order chi connectivity index (χ0) is 21.8. The van der Waals surface area contributed by atoms with Crippen molar-refractivity contribution in [2.75, 3.05) is 25.6 Å². The average Bonchev–Trinajstić information content (AvgIpc) is 3.23. The molecule has 2 aromatic heterocycles. The number of nitrogens with zero attached hydrogens (tertiary/aromatic N) is 7. The van der Waals surface area contributed by atoms with Crippen LogP contribution in [0.1, 0.15) is 32.4 Å². The molecule has 3 fully saturated rings. The molecule has 1 saturated carbocycles. The van der Waals surface area contributed by atoms with Gasteiger partial charge in [0.25, 0.3) is 0 Å². The molecule has 4 heterocycles. The minimum atomic E-state index is -3.33. The Labute approximate surface area is 177 Å². The first-order valence-corrected chi connectivity index (χ1v) is 11.8. The monoisotopic (exact) mass is 450 g/mol. The van der Waals surface area contributed by atoms with E-state index in [0.29, 0.717) is 23.2 Å². The fourth-order valence-electron chi connectivity index (χ4n) is 4.44. The van der Waals surface area contributed by atoms with Crippen LogP contribution in [0, 0.1) is 5.92 Å². The number of methoxy groups -OCH3 is 1. The number of hydrogen-bond acceptors (Lipinski definition) is 10. The Morgan fingerprint density at radius 3 is 2.97 bits per heavy atom. The maximum atomic E-state index is 13.3. The minimum absolute atomic E-state index is 0.00316. The highest BCUT2D eigenvalue weighted by Crippen LogP contribution is 2.61. The third kappa shape index (κ3) is 3.24. The van der Waals surface area contributed by atoms with Crippen LogP contribution in [-0.4, -0.2) is 57.1 Å². The van der Waals surface area contributed by atoms with Gasteiger partial charge in [-0.3, -0.25) is 9.13 Å². The van der Waals surface area contributed by atoms with Gasteiger partial charge in [-0.15, -0.1) is 0 Å². The molecule has 2 aromatic rings. The molecular formula is C17H23N8O5P. The smallest absolute Gasteiger partial charge is 0.331 e. The molecule has 1 aliphatic carbocycles. The standard InChI is InChI=1S/C17H23N8O5P/c1-17(23-24-19)12-10(6-28-31(26,30-12)7-9-4-3-5-9)29-15(17)25-8-20-11-13(25)21-16(18)22-14(11)27-2/h8-10,12,15H,3-7H2,1-2H3,(H2,18,21,22)/t10-,12-,15-,17-,31?/m1/s1. The number of ether oxygens (including phenoxy) is 2. The molecule has 5 atom stereocenters. The van der Waals surface area contributed by atoms with Crippen LogP contribution in [0.15, 0.2) is 11.4 Å². The fourth-order valence-corrected chi connectivity index (χ4v) is 6.76. The highest BCUT2D eigenvalue weighted by Gasteiger charge is 2.60. The number of nitrogens with two attached hydrogens (primary N) is 1. The highest BCUT2D eigenvalue weighted by molar-refractivity contribution is 7.53. The number of hydrogen-bond donors (Lipinski definition) is 1. The molecule has 2 N–H and O–H groups in total. The van der Waals surface area contributed by atoms with Gasteiger partial charge in [0.2, 0.25) is 11.8 Å². The Balaban J connectivity index is 1.54. The van der Waals surface area contributed by atoms with Crippen molar-refractivity contribution in [3.8, 4) is 5.88 Å². The number of imidazole rings is 1. The maximum absolute atomic E-state index is 13.3. The van der Waals surface area contributed by atoms with Crippen molar-refractivity contribution in [3.05, 3.63) is 16.8 Å². The predicted molar refractivity (Wildman–Crippen MR) is 108 cm³/mol. The van der Waals surface area contributed by atoms with E-state index in [4.69, 9.17) is 24.3 Å². The normalized spacial score (nSPS) is 35.4. The molecule has 0 bridgehead atoms. The number of azide groups is 1. The lowest BCUT2D eigenvalue weighted by Crippen LogP contribution is -2.46.